The first-order chi connectivity index (χ1) is 11.0. The van der Waals surface area contributed by atoms with Crippen LogP contribution in [0.1, 0.15) is 11.3 Å². The van der Waals surface area contributed by atoms with Crippen LogP contribution in [0.3, 0.4) is 0 Å². The number of benzene rings is 1. The lowest BCUT2D eigenvalue weighted by Gasteiger charge is -2.14. The Bertz CT molecular complexity index is 641. The highest BCUT2D eigenvalue weighted by atomic mass is 19.1. The van der Waals surface area contributed by atoms with E-state index in [9.17, 15) is 14.0 Å². The van der Waals surface area contributed by atoms with E-state index in [1.807, 2.05) is 0 Å². The maximum Gasteiger partial charge on any atom is 0.315 e. The standard InChI is InChI=1S/C16H18FN3O3/c17-13-5-3-11(4-6-13)8-12(15(18)21)9-19-16(22)20-10-14-2-1-7-23-14/h1-7,12H,8-10H2,(H2,18,21)(H2,19,20,22)/t12-/m0/s1. The lowest BCUT2D eigenvalue weighted by Crippen LogP contribution is -2.41. The van der Waals surface area contributed by atoms with Crippen molar-refractivity contribution in [3.05, 3.63) is 59.8 Å². The summed E-state index contributed by atoms with van der Waals surface area (Å²) in [7, 11) is 0. The lowest BCUT2D eigenvalue weighted by atomic mass is 9.98. The van der Waals surface area contributed by atoms with Crippen molar-refractivity contribution in [2.75, 3.05) is 6.54 Å². The summed E-state index contributed by atoms with van der Waals surface area (Å²) in [6.45, 7) is 0.342. The fourth-order valence-corrected chi connectivity index (χ4v) is 2.04. The van der Waals surface area contributed by atoms with Crippen LogP contribution < -0.4 is 16.4 Å². The van der Waals surface area contributed by atoms with E-state index in [0.29, 0.717) is 12.2 Å². The van der Waals surface area contributed by atoms with Gasteiger partial charge in [0.25, 0.3) is 0 Å². The third-order valence-corrected chi connectivity index (χ3v) is 3.31. The highest BCUT2D eigenvalue weighted by Crippen LogP contribution is 2.09. The number of primary amides is 1. The second kappa shape index (κ2) is 7.98. The molecule has 4 N–H and O–H groups in total. The fourth-order valence-electron chi connectivity index (χ4n) is 2.04. The van der Waals surface area contributed by atoms with Gasteiger partial charge in [0.1, 0.15) is 11.6 Å². The van der Waals surface area contributed by atoms with E-state index in [2.05, 4.69) is 10.6 Å². The molecule has 0 spiro atoms. The zero-order valence-corrected chi connectivity index (χ0v) is 12.4. The molecule has 0 bridgehead atoms. The number of amides is 3. The number of rotatable bonds is 7. The van der Waals surface area contributed by atoms with E-state index >= 15 is 0 Å². The topological polar surface area (TPSA) is 97.4 Å². The van der Waals surface area contributed by atoms with Gasteiger partial charge in [-0.25, -0.2) is 9.18 Å². The summed E-state index contributed by atoms with van der Waals surface area (Å²) in [6.07, 6.45) is 1.84. The van der Waals surface area contributed by atoms with E-state index in [4.69, 9.17) is 10.2 Å². The Morgan fingerprint density at radius 1 is 1.17 bits per heavy atom. The van der Waals surface area contributed by atoms with Crippen molar-refractivity contribution in [3.8, 4) is 0 Å². The van der Waals surface area contributed by atoms with Gasteiger partial charge in [-0.1, -0.05) is 12.1 Å². The van der Waals surface area contributed by atoms with Crippen LogP contribution in [-0.4, -0.2) is 18.5 Å². The number of nitrogens with two attached hydrogens (primary N) is 1. The molecular formula is C16H18FN3O3. The third kappa shape index (κ3) is 5.46. The fraction of sp³-hybridized carbons (Fsp3) is 0.250. The van der Waals surface area contributed by atoms with Gasteiger partial charge in [-0.2, -0.15) is 0 Å². The minimum atomic E-state index is -0.574. The van der Waals surface area contributed by atoms with Crippen LogP contribution in [0.25, 0.3) is 0 Å². The number of nitrogens with one attached hydrogen (secondary N) is 2. The van der Waals surface area contributed by atoms with Crippen molar-refractivity contribution in [3.63, 3.8) is 0 Å². The number of furan rings is 1. The molecule has 0 saturated carbocycles. The zero-order valence-electron chi connectivity index (χ0n) is 12.4. The molecule has 23 heavy (non-hydrogen) atoms. The van der Waals surface area contributed by atoms with Gasteiger partial charge >= 0.3 is 6.03 Å². The first-order valence-corrected chi connectivity index (χ1v) is 7.12. The molecule has 6 nitrogen and oxygen atoms in total. The molecule has 3 amide bonds. The maximum atomic E-state index is 12.9. The van der Waals surface area contributed by atoms with Crippen molar-refractivity contribution in [2.45, 2.75) is 13.0 Å². The summed E-state index contributed by atoms with van der Waals surface area (Å²) >= 11 is 0. The number of carbonyl (C=O) groups is 2. The van der Waals surface area contributed by atoms with Crippen molar-refractivity contribution >= 4 is 11.9 Å². The average Bonchev–Trinajstić information content (AvgIpc) is 3.04. The van der Waals surface area contributed by atoms with Crippen molar-refractivity contribution in [2.24, 2.45) is 11.7 Å². The number of urea groups is 1. The summed E-state index contributed by atoms with van der Waals surface area (Å²) in [5.41, 5.74) is 6.12. The Morgan fingerprint density at radius 2 is 1.91 bits per heavy atom. The first-order valence-electron chi connectivity index (χ1n) is 7.12. The van der Waals surface area contributed by atoms with Crippen LogP contribution >= 0.6 is 0 Å². The van der Waals surface area contributed by atoms with E-state index in [1.54, 1.807) is 24.3 Å². The summed E-state index contributed by atoms with van der Waals surface area (Å²) < 4.78 is 18.0. The molecule has 1 aromatic heterocycles. The number of carbonyl (C=O) groups excluding carboxylic acids is 2. The third-order valence-electron chi connectivity index (χ3n) is 3.31. The van der Waals surface area contributed by atoms with E-state index in [0.717, 1.165) is 5.56 Å². The van der Waals surface area contributed by atoms with Crippen LogP contribution in [0.5, 0.6) is 0 Å². The Hall–Kier alpha value is -2.83. The van der Waals surface area contributed by atoms with E-state index < -0.39 is 17.9 Å². The molecule has 0 fully saturated rings. The second-order valence-corrected chi connectivity index (χ2v) is 5.07. The Kier molecular flexibility index (Phi) is 5.74. The largest absolute Gasteiger partial charge is 0.467 e. The van der Waals surface area contributed by atoms with Crippen LogP contribution in [-0.2, 0) is 17.8 Å². The number of hydrogen-bond acceptors (Lipinski definition) is 3. The molecule has 0 unspecified atom stereocenters. The minimum Gasteiger partial charge on any atom is -0.467 e. The van der Waals surface area contributed by atoms with E-state index in [1.165, 1.54) is 18.4 Å². The first kappa shape index (κ1) is 16.5. The SMILES string of the molecule is NC(=O)[C@H](CNC(=O)NCc1ccco1)Cc1ccc(F)cc1. The van der Waals surface area contributed by atoms with Gasteiger partial charge in [-0.05, 0) is 36.2 Å². The summed E-state index contributed by atoms with van der Waals surface area (Å²) in [4.78, 5) is 23.2. The van der Waals surface area contributed by atoms with Crippen molar-refractivity contribution in [1.82, 2.24) is 10.6 Å². The maximum absolute atomic E-state index is 12.9. The second-order valence-electron chi connectivity index (χ2n) is 5.07. The number of hydrogen-bond donors (Lipinski definition) is 3. The molecule has 122 valence electrons. The molecule has 0 radical (unpaired) electrons. The Labute approximate surface area is 132 Å². The monoisotopic (exact) mass is 319 g/mol. The predicted octanol–water partition coefficient (Wildman–Crippen LogP) is 1.56. The van der Waals surface area contributed by atoms with Crippen LogP contribution in [0.4, 0.5) is 9.18 Å². The van der Waals surface area contributed by atoms with Gasteiger partial charge in [-0.15, -0.1) is 0 Å². The van der Waals surface area contributed by atoms with Crippen LogP contribution in [0, 0.1) is 11.7 Å². The molecular weight excluding hydrogens is 301 g/mol. The van der Waals surface area contributed by atoms with Gasteiger partial charge < -0.3 is 20.8 Å². The number of halogens is 1. The molecule has 0 aliphatic heterocycles. The molecule has 1 heterocycles. The average molecular weight is 319 g/mol. The van der Waals surface area contributed by atoms with Gasteiger partial charge in [0.05, 0.1) is 18.7 Å². The molecule has 1 atom stereocenters. The van der Waals surface area contributed by atoms with Crippen molar-refractivity contribution < 1.29 is 18.4 Å². The molecule has 0 saturated heterocycles. The highest BCUT2D eigenvalue weighted by molar-refractivity contribution is 5.79. The molecule has 0 aliphatic rings. The van der Waals surface area contributed by atoms with Gasteiger partial charge in [0.2, 0.25) is 5.91 Å². The predicted molar refractivity (Wildman–Crippen MR) is 81.7 cm³/mol. The highest BCUT2D eigenvalue weighted by Gasteiger charge is 2.17. The van der Waals surface area contributed by atoms with Crippen LogP contribution in [0.15, 0.2) is 47.1 Å². The molecule has 2 aromatic rings. The summed E-state index contributed by atoms with van der Waals surface area (Å²) in [6, 6.07) is 8.84. The quantitative estimate of drug-likeness (QED) is 0.722. The normalized spacial score (nSPS) is 11.7. The van der Waals surface area contributed by atoms with Crippen LogP contribution in [0.2, 0.25) is 0 Å². The molecule has 7 heteroatoms. The van der Waals surface area contributed by atoms with Crippen molar-refractivity contribution in [1.29, 1.82) is 0 Å². The summed E-state index contributed by atoms with van der Waals surface area (Å²) in [5, 5.41) is 5.20. The Morgan fingerprint density at radius 3 is 2.52 bits per heavy atom. The van der Waals surface area contributed by atoms with Gasteiger partial charge in [0.15, 0.2) is 0 Å². The van der Waals surface area contributed by atoms with E-state index in [-0.39, 0.29) is 18.9 Å². The smallest absolute Gasteiger partial charge is 0.315 e. The summed E-state index contributed by atoms with van der Waals surface area (Å²) in [5.74, 6) is -0.826. The lowest BCUT2D eigenvalue weighted by molar-refractivity contribution is -0.121. The molecule has 1 aromatic carbocycles. The molecule has 2 rings (SSSR count). The molecule has 0 aliphatic carbocycles. The van der Waals surface area contributed by atoms with Gasteiger partial charge in [-0.3, -0.25) is 4.79 Å². The zero-order chi connectivity index (χ0) is 16.7. The Balaban J connectivity index is 1.80. The van der Waals surface area contributed by atoms with Gasteiger partial charge in [0, 0.05) is 6.54 Å². The minimum absolute atomic E-state index is 0.0939.